The molecule has 0 fully saturated rings. The highest BCUT2D eigenvalue weighted by Crippen LogP contribution is 2.19. The number of furan rings is 1. The third-order valence-corrected chi connectivity index (χ3v) is 3.84. The Bertz CT molecular complexity index is 991. The van der Waals surface area contributed by atoms with E-state index in [1.54, 1.807) is 6.07 Å². The van der Waals surface area contributed by atoms with Gasteiger partial charge in [-0.05, 0) is 49.2 Å². The number of carbonyl (C=O) groups excluding carboxylic acids is 1. The van der Waals surface area contributed by atoms with E-state index in [2.05, 4.69) is 15.2 Å². The van der Waals surface area contributed by atoms with Gasteiger partial charge in [-0.2, -0.15) is 18.3 Å². The Labute approximate surface area is 170 Å². The first-order valence-corrected chi connectivity index (χ1v) is 8.96. The number of hydrogen-bond acceptors (Lipinski definition) is 5. The molecule has 30 heavy (non-hydrogen) atoms. The Balaban J connectivity index is 1.51. The number of aromatic nitrogens is 2. The molecule has 0 saturated heterocycles. The van der Waals surface area contributed by atoms with Gasteiger partial charge in [-0.1, -0.05) is 6.07 Å². The summed E-state index contributed by atoms with van der Waals surface area (Å²) < 4.78 is 53.1. The van der Waals surface area contributed by atoms with Crippen molar-refractivity contribution in [1.82, 2.24) is 9.78 Å². The number of hydrogen-bond donors (Lipinski definition) is 1. The highest BCUT2D eigenvalue weighted by Gasteiger charge is 2.27. The quantitative estimate of drug-likeness (QED) is 0.579. The minimum absolute atomic E-state index is 0.0649. The number of benzene rings is 1. The minimum Gasteiger partial charge on any atom is -0.486 e. The Kier molecular flexibility index (Phi) is 6.46. The van der Waals surface area contributed by atoms with Gasteiger partial charge in [-0.3, -0.25) is 4.79 Å². The molecule has 0 unspecified atom stereocenters. The van der Waals surface area contributed by atoms with Crippen LogP contribution in [0, 0.1) is 13.8 Å². The Morgan fingerprint density at radius 1 is 1.20 bits per heavy atom. The monoisotopic (exact) mass is 423 g/mol. The van der Waals surface area contributed by atoms with Crippen LogP contribution in [0.2, 0.25) is 0 Å². The number of alkyl halides is 3. The van der Waals surface area contributed by atoms with Crippen molar-refractivity contribution in [2.24, 2.45) is 0 Å². The van der Waals surface area contributed by atoms with Crippen LogP contribution in [0.5, 0.6) is 5.75 Å². The maximum atomic E-state index is 12.3. The molecule has 0 aliphatic rings. The molecular formula is C20H20F3N3O4. The zero-order chi connectivity index (χ0) is 21.7. The van der Waals surface area contributed by atoms with Crippen LogP contribution >= 0.6 is 0 Å². The van der Waals surface area contributed by atoms with E-state index in [0.29, 0.717) is 17.2 Å². The van der Waals surface area contributed by atoms with Crippen molar-refractivity contribution in [2.45, 2.75) is 33.4 Å². The summed E-state index contributed by atoms with van der Waals surface area (Å²) in [6, 6.07) is 8.98. The predicted octanol–water partition coefficient (Wildman–Crippen LogP) is 4.46. The van der Waals surface area contributed by atoms with Crippen molar-refractivity contribution in [2.75, 3.05) is 11.9 Å². The smallest absolute Gasteiger partial charge is 0.411 e. The van der Waals surface area contributed by atoms with Gasteiger partial charge in [0.25, 0.3) is 5.91 Å². The van der Waals surface area contributed by atoms with Crippen LogP contribution in [0.4, 0.5) is 18.9 Å². The average molecular weight is 423 g/mol. The molecule has 1 amide bonds. The molecule has 0 radical (unpaired) electrons. The lowest BCUT2D eigenvalue weighted by atomic mass is 10.1. The summed E-state index contributed by atoms with van der Waals surface area (Å²) in [5.74, 6) is 0.712. The fourth-order valence-corrected chi connectivity index (χ4v) is 2.69. The number of aryl methyl sites for hydroxylation is 2. The summed E-state index contributed by atoms with van der Waals surface area (Å²) in [5.41, 5.74) is 2.45. The number of rotatable bonds is 8. The molecule has 0 spiro atoms. The van der Waals surface area contributed by atoms with Gasteiger partial charge in [0.15, 0.2) is 5.76 Å². The Morgan fingerprint density at radius 3 is 2.63 bits per heavy atom. The van der Waals surface area contributed by atoms with E-state index in [-0.39, 0.29) is 12.4 Å². The molecule has 160 valence electrons. The summed E-state index contributed by atoms with van der Waals surface area (Å²) in [4.78, 5) is 12.3. The molecule has 0 bridgehead atoms. The molecule has 2 aromatic heterocycles. The normalized spacial score (nSPS) is 11.5. The van der Waals surface area contributed by atoms with Crippen molar-refractivity contribution in [3.63, 3.8) is 0 Å². The Morgan fingerprint density at radius 2 is 1.93 bits per heavy atom. The summed E-state index contributed by atoms with van der Waals surface area (Å²) >= 11 is 0. The zero-order valence-electron chi connectivity index (χ0n) is 16.3. The molecule has 0 saturated carbocycles. The van der Waals surface area contributed by atoms with E-state index in [0.717, 1.165) is 15.8 Å². The van der Waals surface area contributed by atoms with E-state index in [9.17, 15) is 18.0 Å². The third-order valence-electron chi connectivity index (χ3n) is 3.84. The second kappa shape index (κ2) is 9.04. The second-order valence-corrected chi connectivity index (χ2v) is 6.69. The fourth-order valence-electron chi connectivity index (χ4n) is 2.69. The van der Waals surface area contributed by atoms with Gasteiger partial charge in [0, 0.05) is 0 Å². The molecule has 3 rings (SSSR count). The average Bonchev–Trinajstić information content (AvgIpc) is 3.28. The summed E-state index contributed by atoms with van der Waals surface area (Å²) in [7, 11) is 0. The number of carbonyl (C=O) groups is 1. The van der Waals surface area contributed by atoms with Crippen LogP contribution < -0.4 is 10.1 Å². The molecule has 7 nitrogen and oxygen atoms in total. The second-order valence-electron chi connectivity index (χ2n) is 6.69. The summed E-state index contributed by atoms with van der Waals surface area (Å²) in [6.45, 7) is 2.33. The van der Waals surface area contributed by atoms with Crippen LogP contribution in [-0.4, -0.2) is 28.5 Å². The van der Waals surface area contributed by atoms with E-state index >= 15 is 0 Å². The van der Waals surface area contributed by atoms with Crippen molar-refractivity contribution < 1.29 is 31.9 Å². The van der Waals surface area contributed by atoms with Crippen LogP contribution in [0.15, 0.2) is 47.1 Å². The zero-order valence-corrected chi connectivity index (χ0v) is 16.3. The number of nitrogens with one attached hydrogen (secondary N) is 1. The fraction of sp³-hybridized carbons (Fsp3) is 0.300. The van der Waals surface area contributed by atoms with Gasteiger partial charge >= 0.3 is 6.18 Å². The maximum Gasteiger partial charge on any atom is 0.411 e. The number of nitrogens with zero attached hydrogens (tertiary/aromatic N) is 2. The summed E-state index contributed by atoms with van der Waals surface area (Å²) in [5, 5.41) is 6.38. The highest BCUT2D eigenvalue weighted by molar-refractivity contribution is 6.02. The molecule has 0 aliphatic heterocycles. The van der Waals surface area contributed by atoms with Gasteiger partial charge in [0.05, 0.1) is 18.1 Å². The van der Waals surface area contributed by atoms with Crippen LogP contribution in [0.1, 0.15) is 27.4 Å². The van der Waals surface area contributed by atoms with E-state index < -0.39 is 25.4 Å². The molecule has 10 heteroatoms. The van der Waals surface area contributed by atoms with Crippen molar-refractivity contribution in [3.05, 3.63) is 65.4 Å². The van der Waals surface area contributed by atoms with Gasteiger partial charge in [0.2, 0.25) is 0 Å². The van der Waals surface area contributed by atoms with Gasteiger partial charge in [-0.25, -0.2) is 4.68 Å². The predicted molar refractivity (Wildman–Crippen MR) is 101 cm³/mol. The molecule has 0 atom stereocenters. The topological polar surface area (TPSA) is 78.5 Å². The SMILES string of the molecule is Cc1cc(C)cc(OCc2ccc(C(=O)Nc3cnn(COCC(F)(F)F)c3)o2)c1. The first kappa shape index (κ1) is 21.4. The van der Waals surface area contributed by atoms with Gasteiger partial charge in [-0.15, -0.1) is 0 Å². The molecular weight excluding hydrogens is 403 g/mol. The van der Waals surface area contributed by atoms with E-state index in [1.807, 2.05) is 32.0 Å². The first-order chi connectivity index (χ1) is 14.2. The van der Waals surface area contributed by atoms with E-state index in [1.165, 1.54) is 18.5 Å². The van der Waals surface area contributed by atoms with Crippen LogP contribution in [0.3, 0.4) is 0 Å². The van der Waals surface area contributed by atoms with Crippen molar-refractivity contribution >= 4 is 11.6 Å². The molecule has 1 N–H and O–H groups in total. The molecule has 0 aliphatic carbocycles. The standard InChI is InChI=1S/C20H20F3N3O4/c1-13-5-14(2)7-17(6-13)29-10-16-3-4-18(30-16)19(27)25-15-8-24-26(9-15)12-28-11-20(21,22)23/h3-9H,10-12H2,1-2H3,(H,25,27). The number of amides is 1. The number of anilines is 1. The lowest BCUT2D eigenvalue weighted by Crippen LogP contribution is -2.18. The molecule has 2 heterocycles. The minimum atomic E-state index is -4.41. The van der Waals surface area contributed by atoms with Gasteiger partial charge in [0.1, 0.15) is 31.5 Å². The maximum absolute atomic E-state index is 12.3. The van der Waals surface area contributed by atoms with Gasteiger partial charge < -0.3 is 19.2 Å². The molecule has 3 aromatic rings. The molecule has 1 aromatic carbocycles. The largest absolute Gasteiger partial charge is 0.486 e. The van der Waals surface area contributed by atoms with Crippen molar-refractivity contribution in [1.29, 1.82) is 0 Å². The lowest BCUT2D eigenvalue weighted by Gasteiger charge is -2.07. The lowest BCUT2D eigenvalue weighted by molar-refractivity contribution is -0.182. The van der Waals surface area contributed by atoms with Crippen LogP contribution in [0.25, 0.3) is 0 Å². The first-order valence-electron chi connectivity index (χ1n) is 8.96. The van der Waals surface area contributed by atoms with Crippen LogP contribution in [-0.2, 0) is 18.1 Å². The number of ether oxygens (including phenoxy) is 2. The number of halogens is 3. The highest BCUT2D eigenvalue weighted by atomic mass is 19.4. The van der Waals surface area contributed by atoms with E-state index in [4.69, 9.17) is 9.15 Å². The Hall–Kier alpha value is -3.27. The third kappa shape index (κ3) is 6.38. The van der Waals surface area contributed by atoms with Crippen molar-refractivity contribution in [3.8, 4) is 5.75 Å². The summed E-state index contributed by atoms with van der Waals surface area (Å²) in [6.07, 6.45) is -1.77.